The fourth-order valence-corrected chi connectivity index (χ4v) is 1.35. The first kappa shape index (κ1) is 10.2. The molecule has 5 nitrogen and oxygen atoms in total. The lowest BCUT2D eigenvalue weighted by Crippen LogP contribution is -2.10. The first-order chi connectivity index (χ1) is 7.79. The maximum Gasteiger partial charge on any atom is 0.411 e. The second-order valence-electron chi connectivity index (χ2n) is 3.18. The minimum Gasteiger partial charge on any atom is -0.453 e. The fourth-order valence-electron chi connectivity index (χ4n) is 1.35. The van der Waals surface area contributed by atoms with E-state index in [1.807, 2.05) is 18.2 Å². The number of hydrogen-bond acceptors (Lipinski definition) is 3. The van der Waals surface area contributed by atoms with Crippen LogP contribution in [0, 0.1) is 0 Å². The largest absolute Gasteiger partial charge is 0.453 e. The molecule has 1 heterocycles. The van der Waals surface area contributed by atoms with Crippen molar-refractivity contribution in [2.75, 3.05) is 12.4 Å². The van der Waals surface area contributed by atoms with Crippen LogP contribution < -0.4 is 5.32 Å². The molecule has 1 aromatic heterocycles. The molecule has 2 N–H and O–H groups in total. The molecule has 0 spiro atoms. The molecule has 1 aromatic carbocycles. The van der Waals surface area contributed by atoms with Crippen LogP contribution in [0.1, 0.15) is 0 Å². The zero-order valence-electron chi connectivity index (χ0n) is 8.73. The Balaban J connectivity index is 2.23. The molecule has 0 bridgehead atoms. The summed E-state index contributed by atoms with van der Waals surface area (Å²) >= 11 is 0. The van der Waals surface area contributed by atoms with Crippen LogP contribution in [-0.4, -0.2) is 23.4 Å². The summed E-state index contributed by atoms with van der Waals surface area (Å²) in [4.78, 5) is 11.0. The number of hydrogen-bond donors (Lipinski definition) is 2. The molecule has 1 amide bonds. The number of aromatic amines is 1. The lowest BCUT2D eigenvalue weighted by Gasteiger charge is -2.04. The molecular formula is C11H11N3O2. The van der Waals surface area contributed by atoms with E-state index >= 15 is 0 Å². The molecule has 0 radical (unpaired) electrons. The summed E-state index contributed by atoms with van der Waals surface area (Å²) < 4.78 is 4.52. The van der Waals surface area contributed by atoms with Gasteiger partial charge in [0.1, 0.15) is 0 Å². The highest BCUT2D eigenvalue weighted by molar-refractivity contribution is 5.85. The van der Waals surface area contributed by atoms with E-state index in [2.05, 4.69) is 20.3 Å². The first-order valence-electron chi connectivity index (χ1n) is 4.74. The number of nitrogens with zero attached hydrogens (tertiary/aromatic N) is 1. The van der Waals surface area contributed by atoms with Gasteiger partial charge in [0, 0.05) is 17.4 Å². The fraction of sp³-hybridized carbons (Fsp3) is 0.0909. The van der Waals surface area contributed by atoms with Crippen LogP contribution >= 0.6 is 0 Å². The second-order valence-corrected chi connectivity index (χ2v) is 3.18. The molecule has 0 atom stereocenters. The summed E-state index contributed by atoms with van der Waals surface area (Å²) in [7, 11) is 1.33. The van der Waals surface area contributed by atoms with Gasteiger partial charge in [-0.15, -0.1) is 0 Å². The second kappa shape index (κ2) is 4.48. The lowest BCUT2D eigenvalue weighted by molar-refractivity contribution is 0.187. The smallest absolute Gasteiger partial charge is 0.411 e. The molecule has 0 aliphatic rings. The summed E-state index contributed by atoms with van der Waals surface area (Å²) in [6.07, 6.45) is 3.03. The third-order valence-electron chi connectivity index (χ3n) is 2.13. The Morgan fingerprint density at radius 3 is 3.00 bits per heavy atom. The van der Waals surface area contributed by atoms with E-state index in [1.165, 1.54) is 7.11 Å². The zero-order chi connectivity index (χ0) is 11.4. The van der Waals surface area contributed by atoms with Crippen molar-refractivity contribution in [3.63, 3.8) is 0 Å². The number of ether oxygens (including phenoxy) is 1. The van der Waals surface area contributed by atoms with E-state index in [-0.39, 0.29) is 0 Å². The van der Waals surface area contributed by atoms with Crippen molar-refractivity contribution >= 4 is 11.8 Å². The van der Waals surface area contributed by atoms with Crippen LogP contribution in [0.3, 0.4) is 0 Å². The highest BCUT2D eigenvalue weighted by atomic mass is 16.5. The average molecular weight is 217 g/mol. The Bertz CT molecular complexity index is 480. The van der Waals surface area contributed by atoms with E-state index in [0.717, 1.165) is 11.1 Å². The third-order valence-corrected chi connectivity index (χ3v) is 2.13. The topological polar surface area (TPSA) is 67.0 Å². The van der Waals surface area contributed by atoms with Crippen molar-refractivity contribution in [3.8, 4) is 11.1 Å². The van der Waals surface area contributed by atoms with Gasteiger partial charge in [-0.1, -0.05) is 12.1 Å². The van der Waals surface area contributed by atoms with Crippen LogP contribution in [0.25, 0.3) is 11.1 Å². The van der Waals surface area contributed by atoms with E-state index in [4.69, 9.17) is 0 Å². The Labute approximate surface area is 92.4 Å². The van der Waals surface area contributed by atoms with Gasteiger partial charge in [0.2, 0.25) is 0 Å². The summed E-state index contributed by atoms with van der Waals surface area (Å²) in [5.74, 6) is 0. The molecule has 82 valence electrons. The average Bonchev–Trinajstić information content (AvgIpc) is 2.83. The molecule has 5 heteroatoms. The minimum atomic E-state index is -0.482. The highest BCUT2D eigenvalue weighted by Crippen LogP contribution is 2.21. The standard InChI is InChI=1S/C11H11N3O2/c1-16-11(15)14-10-4-2-3-8(5-10)9-6-12-13-7-9/h2-7H,1H3,(H,12,13)(H,14,15). The molecule has 0 aliphatic heterocycles. The monoisotopic (exact) mass is 217 g/mol. The minimum absolute atomic E-state index is 0.482. The molecule has 2 aromatic rings. The van der Waals surface area contributed by atoms with E-state index < -0.39 is 6.09 Å². The number of H-pyrrole nitrogens is 1. The van der Waals surface area contributed by atoms with E-state index in [1.54, 1.807) is 18.5 Å². The van der Waals surface area contributed by atoms with Gasteiger partial charge < -0.3 is 4.74 Å². The number of carbonyl (C=O) groups is 1. The molecular weight excluding hydrogens is 206 g/mol. The number of aromatic nitrogens is 2. The Morgan fingerprint density at radius 1 is 1.44 bits per heavy atom. The maximum absolute atomic E-state index is 11.0. The van der Waals surface area contributed by atoms with Crippen molar-refractivity contribution in [1.82, 2.24) is 10.2 Å². The first-order valence-corrected chi connectivity index (χ1v) is 4.74. The molecule has 0 saturated carbocycles. The van der Waals surface area contributed by atoms with Crippen molar-refractivity contribution < 1.29 is 9.53 Å². The van der Waals surface area contributed by atoms with Gasteiger partial charge in [-0.05, 0) is 17.7 Å². The molecule has 0 unspecified atom stereocenters. The predicted molar refractivity (Wildman–Crippen MR) is 60.1 cm³/mol. The van der Waals surface area contributed by atoms with Crippen LogP contribution in [0.2, 0.25) is 0 Å². The summed E-state index contributed by atoms with van der Waals surface area (Å²) in [6, 6.07) is 7.43. The van der Waals surface area contributed by atoms with Crippen LogP contribution in [0.5, 0.6) is 0 Å². The SMILES string of the molecule is COC(=O)Nc1cccc(-c2cn[nH]c2)c1. The highest BCUT2D eigenvalue weighted by Gasteiger charge is 2.03. The van der Waals surface area contributed by atoms with Crippen molar-refractivity contribution in [2.45, 2.75) is 0 Å². The number of carbonyl (C=O) groups excluding carboxylic acids is 1. The van der Waals surface area contributed by atoms with Crippen LogP contribution in [-0.2, 0) is 4.74 Å². The van der Waals surface area contributed by atoms with Gasteiger partial charge in [0.25, 0.3) is 0 Å². The molecule has 0 fully saturated rings. The number of amides is 1. The number of anilines is 1. The number of nitrogens with one attached hydrogen (secondary N) is 2. The quantitative estimate of drug-likeness (QED) is 0.810. The predicted octanol–water partition coefficient (Wildman–Crippen LogP) is 2.25. The van der Waals surface area contributed by atoms with Gasteiger partial charge in [-0.25, -0.2) is 4.79 Å². The summed E-state index contributed by atoms with van der Waals surface area (Å²) in [6.45, 7) is 0. The van der Waals surface area contributed by atoms with Crippen LogP contribution in [0.4, 0.5) is 10.5 Å². The molecule has 0 saturated heterocycles. The van der Waals surface area contributed by atoms with E-state index in [9.17, 15) is 4.79 Å². The Hall–Kier alpha value is -2.30. The summed E-state index contributed by atoms with van der Waals surface area (Å²) in [5.41, 5.74) is 2.63. The van der Waals surface area contributed by atoms with Gasteiger partial charge in [0.05, 0.1) is 13.3 Å². The Morgan fingerprint density at radius 2 is 2.31 bits per heavy atom. The van der Waals surface area contributed by atoms with Crippen molar-refractivity contribution in [2.24, 2.45) is 0 Å². The van der Waals surface area contributed by atoms with E-state index in [0.29, 0.717) is 5.69 Å². The summed E-state index contributed by atoms with van der Waals surface area (Å²) in [5, 5.41) is 9.21. The van der Waals surface area contributed by atoms with Gasteiger partial charge >= 0.3 is 6.09 Å². The number of methoxy groups -OCH3 is 1. The maximum atomic E-state index is 11.0. The Kier molecular flexibility index (Phi) is 2.86. The third kappa shape index (κ3) is 2.20. The van der Waals surface area contributed by atoms with Gasteiger partial charge in [-0.3, -0.25) is 10.4 Å². The number of benzene rings is 1. The molecule has 0 aliphatic carbocycles. The lowest BCUT2D eigenvalue weighted by atomic mass is 10.1. The normalized spacial score (nSPS) is 9.81. The van der Waals surface area contributed by atoms with Gasteiger partial charge in [-0.2, -0.15) is 5.10 Å². The van der Waals surface area contributed by atoms with Crippen molar-refractivity contribution in [3.05, 3.63) is 36.7 Å². The molecule has 16 heavy (non-hydrogen) atoms. The van der Waals surface area contributed by atoms with Crippen molar-refractivity contribution in [1.29, 1.82) is 0 Å². The van der Waals surface area contributed by atoms with Crippen LogP contribution in [0.15, 0.2) is 36.7 Å². The van der Waals surface area contributed by atoms with Gasteiger partial charge in [0.15, 0.2) is 0 Å². The zero-order valence-corrected chi connectivity index (χ0v) is 8.73. The molecule has 2 rings (SSSR count). The number of rotatable bonds is 2.